The van der Waals surface area contributed by atoms with Gasteiger partial charge in [0.05, 0.1) is 12.8 Å². The quantitative estimate of drug-likeness (QED) is 0.819. The Morgan fingerprint density at radius 3 is 2.27 bits per heavy atom. The smallest absolute Gasteiger partial charge is 0.317 e. The third-order valence-electron chi connectivity index (χ3n) is 6.42. The Morgan fingerprint density at radius 2 is 1.60 bits per heavy atom. The van der Waals surface area contributed by atoms with E-state index in [-0.39, 0.29) is 17.9 Å². The van der Waals surface area contributed by atoms with Crippen molar-refractivity contribution in [1.82, 2.24) is 15.1 Å². The molecule has 2 aliphatic heterocycles. The number of nitrogens with one attached hydrogen (secondary N) is 1. The Morgan fingerprint density at radius 1 is 0.900 bits per heavy atom. The maximum absolute atomic E-state index is 13.0. The second-order valence-corrected chi connectivity index (χ2v) is 8.46. The van der Waals surface area contributed by atoms with Gasteiger partial charge in [-0.25, -0.2) is 4.79 Å². The van der Waals surface area contributed by atoms with Crippen molar-refractivity contribution in [3.05, 3.63) is 60.1 Å². The predicted molar refractivity (Wildman–Crippen MR) is 115 cm³/mol. The first-order valence-corrected chi connectivity index (χ1v) is 11.1. The van der Waals surface area contributed by atoms with Gasteiger partial charge in [0, 0.05) is 32.1 Å². The van der Waals surface area contributed by atoms with E-state index >= 15 is 0 Å². The summed E-state index contributed by atoms with van der Waals surface area (Å²) < 4.78 is 5.24. The third-order valence-corrected chi connectivity index (χ3v) is 6.42. The van der Waals surface area contributed by atoms with Gasteiger partial charge < -0.3 is 19.5 Å². The molecule has 0 spiro atoms. The number of hydrogen-bond donors (Lipinski definition) is 1. The molecule has 0 saturated carbocycles. The summed E-state index contributed by atoms with van der Waals surface area (Å²) in [5.41, 5.74) is 1.39. The van der Waals surface area contributed by atoms with E-state index in [2.05, 4.69) is 40.5 Å². The van der Waals surface area contributed by atoms with Crippen LogP contribution in [0.4, 0.5) is 4.79 Å². The van der Waals surface area contributed by atoms with Gasteiger partial charge in [0.2, 0.25) is 5.91 Å². The predicted octanol–water partition coefficient (Wildman–Crippen LogP) is 3.68. The van der Waals surface area contributed by atoms with Crippen molar-refractivity contribution in [3.8, 4) is 0 Å². The van der Waals surface area contributed by atoms with E-state index in [1.807, 2.05) is 12.1 Å². The van der Waals surface area contributed by atoms with Crippen molar-refractivity contribution in [1.29, 1.82) is 0 Å². The number of amides is 3. The first-order chi connectivity index (χ1) is 14.7. The van der Waals surface area contributed by atoms with Crippen LogP contribution >= 0.6 is 0 Å². The van der Waals surface area contributed by atoms with Gasteiger partial charge in [0.1, 0.15) is 5.76 Å². The standard InChI is InChI=1S/C24H31N3O3/c28-23(26-12-8-20(9-13-26)17-19-5-2-1-3-6-19)21-10-14-27(15-11-21)24(29)25-18-22-7-4-16-30-22/h1-7,16,20-21H,8-15,17-18H2,(H,25,29). The van der Waals surface area contributed by atoms with Crippen LogP contribution in [0.15, 0.2) is 53.1 Å². The van der Waals surface area contributed by atoms with Gasteiger partial charge in [0.25, 0.3) is 0 Å². The fourth-order valence-corrected chi connectivity index (χ4v) is 4.58. The third kappa shape index (κ3) is 5.23. The highest BCUT2D eigenvalue weighted by molar-refractivity contribution is 5.80. The minimum absolute atomic E-state index is 0.0461. The lowest BCUT2D eigenvalue weighted by atomic mass is 9.88. The van der Waals surface area contributed by atoms with E-state index in [1.165, 1.54) is 5.56 Å². The van der Waals surface area contributed by atoms with Gasteiger partial charge in [-0.15, -0.1) is 0 Å². The average molecular weight is 410 g/mol. The largest absolute Gasteiger partial charge is 0.467 e. The molecule has 6 nitrogen and oxygen atoms in total. The minimum Gasteiger partial charge on any atom is -0.467 e. The van der Waals surface area contributed by atoms with E-state index in [0.29, 0.717) is 25.6 Å². The van der Waals surface area contributed by atoms with Crippen molar-refractivity contribution in [2.24, 2.45) is 11.8 Å². The maximum atomic E-state index is 13.0. The van der Waals surface area contributed by atoms with Gasteiger partial charge in [-0.3, -0.25) is 4.79 Å². The van der Waals surface area contributed by atoms with Crippen molar-refractivity contribution in [2.75, 3.05) is 26.2 Å². The number of urea groups is 1. The van der Waals surface area contributed by atoms with E-state index in [0.717, 1.165) is 51.0 Å². The zero-order chi connectivity index (χ0) is 20.8. The van der Waals surface area contributed by atoms with E-state index in [4.69, 9.17) is 4.42 Å². The molecule has 6 heteroatoms. The van der Waals surface area contributed by atoms with Crippen molar-refractivity contribution < 1.29 is 14.0 Å². The monoisotopic (exact) mass is 409 g/mol. The molecule has 0 aliphatic carbocycles. The number of piperidine rings is 2. The number of furan rings is 1. The molecule has 30 heavy (non-hydrogen) atoms. The number of rotatable bonds is 5. The molecule has 1 aromatic carbocycles. The van der Waals surface area contributed by atoms with Crippen molar-refractivity contribution >= 4 is 11.9 Å². The molecule has 0 radical (unpaired) electrons. The summed E-state index contributed by atoms with van der Waals surface area (Å²) in [5.74, 6) is 1.73. The highest BCUT2D eigenvalue weighted by atomic mass is 16.3. The molecule has 1 N–H and O–H groups in total. The summed E-state index contributed by atoms with van der Waals surface area (Å²) in [6.07, 6.45) is 6.36. The number of likely N-dealkylation sites (tertiary alicyclic amines) is 2. The fraction of sp³-hybridized carbons (Fsp3) is 0.500. The zero-order valence-electron chi connectivity index (χ0n) is 17.5. The summed E-state index contributed by atoms with van der Waals surface area (Å²) in [4.78, 5) is 29.2. The Balaban J connectivity index is 1.18. The average Bonchev–Trinajstić information content (AvgIpc) is 3.32. The van der Waals surface area contributed by atoms with Crippen LogP contribution in [0.3, 0.4) is 0 Å². The van der Waals surface area contributed by atoms with Gasteiger partial charge in [-0.2, -0.15) is 0 Å². The van der Waals surface area contributed by atoms with Crippen LogP contribution in [0.25, 0.3) is 0 Å². The lowest BCUT2D eigenvalue weighted by Gasteiger charge is -2.37. The van der Waals surface area contributed by atoms with Crippen LogP contribution < -0.4 is 5.32 Å². The first kappa shape index (κ1) is 20.5. The Kier molecular flexibility index (Phi) is 6.72. The summed E-state index contributed by atoms with van der Waals surface area (Å²) in [7, 11) is 0. The summed E-state index contributed by atoms with van der Waals surface area (Å²) in [6.45, 7) is 3.37. The van der Waals surface area contributed by atoms with Gasteiger partial charge in [0.15, 0.2) is 0 Å². The van der Waals surface area contributed by atoms with Crippen molar-refractivity contribution in [3.63, 3.8) is 0 Å². The van der Waals surface area contributed by atoms with E-state index in [1.54, 1.807) is 11.2 Å². The van der Waals surface area contributed by atoms with Crippen LogP contribution in [0.5, 0.6) is 0 Å². The number of carbonyl (C=O) groups is 2. The van der Waals surface area contributed by atoms with Crippen molar-refractivity contribution in [2.45, 2.75) is 38.6 Å². The summed E-state index contributed by atoms with van der Waals surface area (Å²) in [6, 6.07) is 14.2. The lowest BCUT2D eigenvalue weighted by Crippen LogP contribution is -2.48. The molecular formula is C24H31N3O3. The molecule has 2 aliphatic rings. The molecule has 3 heterocycles. The lowest BCUT2D eigenvalue weighted by molar-refractivity contribution is -0.138. The minimum atomic E-state index is -0.0842. The molecule has 0 atom stereocenters. The molecule has 2 fully saturated rings. The number of carbonyl (C=O) groups excluding carboxylic acids is 2. The van der Waals surface area contributed by atoms with E-state index in [9.17, 15) is 9.59 Å². The van der Waals surface area contributed by atoms with Crippen LogP contribution in [0.1, 0.15) is 37.0 Å². The summed E-state index contributed by atoms with van der Waals surface area (Å²) in [5, 5.41) is 2.88. The number of benzene rings is 1. The second kappa shape index (κ2) is 9.83. The molecule has 160 valence electrons. The zero-order valence-corrected chi connectivity index (χ0v) is 17.5. The SMILES string of the molecule is O=C(NCc1ccco1)N1CCC(C(=O)N2CCC(Cc3ccccc3)CC2)CC1. The molecule has 4 rings (SSSR count). The highest BCUT2D eigenvalue weighted by Crippen LogP contribution is 2.25. The van der Waals surface area contributed by atoms with Crippen LogP contribution in [-0.2, 0) is 17.8 Å². The summed E-state index contributed by atoms with van der Waals surface area (Å²) >= 11 is 0. The van der Waals surface area contributed by atoms with E-state index < -0.39 is 0 Å². The Bertz CT molecular complexity index is 805. The van der Waals surface area contributed by atoms with Gasteiger partial charge in [-0.05, 0) is 55.7 Å². The second-order valence-electron chi connectivity index (χ2n) is 8.46. The number of hydrogen-bond acceptors (Lipinski definition) is 3. The maximum Gasteiger partial charge on any atom is 0.317 e. The van der Waals surface area contributed by atoms with Crippen LogP contribution in [0.2, 0.25) is 0 Å². The van der Waals surface area contributed by atoms with Gasteiger partial charge >= 0.3 is 6.03 Å². The molecule has 1 aromatic heterocycles. The van der Waals surface area contributed by atoms with Crippen LogP contribution in [0, 0.1) is 11.8 Å². The molecule has 0 unspecified atom stereocenters. The van der Waals surface area contributed by atoms with Gasteiger partial charge in [-0.1, -0.05) is 30.3 Å². The number of nitrogens with zero attached hydrogens (tertiary/aromatic N) is 2. The molecular weight excluding hydrogens is 378 g/mol. The van der Waals surface area contributed by atoms with Crippen LogP contribution in [-0.4, -0.2) is 47.9 Å². The molecule has 2 saturated heterocycles. The molecule has 2 aromatic rings. The highest BCUT2D eigenvalue weighted by Gasteiger charge is 2.32. The fourth-order valence-electron chi connectivity index (χ4n) is 4.58. The Hall–Kier alpha value is -2.76. The molecule has 3 amide bonds. The first-order valence-electron chi connectivity index (χ1n) is 11.1. The Labute approximate surface area is 178 Å². The normalized spacial score (nSPS) is 18.4. The molecule has 0 bridgehead atoms. The topological polar surface area (TPSA) is 65.8 Å².